The highest BCUT2D eigenvalue weighted by Crippen LogP contribution is 2.15. The van der Waals surface area contributed by atoms with Crippen LogP contribution >= 0.6 is 0 Å². The van der Waals surface area contributed by atoms with E-state index in [1.807, 2.05) is 0 Å². The molecule has 0 aliphatic carbocycles. The molecule has 0 radical (unpaired) electrons. The molecule has 0 fully saturated rings. The van der Waals surface area contributed by atoms with Gasteiger partial charge in [-0.1, -0.05) is 0 Å². The van der Waals surface area contributed by atoms with E-state index in [0.29, 0.717) is 23.6 Å². The fourth-order valence-corrected chi connectivity index (χ4v) is 1.89. The van der Waals surface area contributed by atoms with Crippen LogP contribution in [-0.2, 0) is 6.54 Å². The summed E-state index contributed by atoms with van der Waals surface area (Å²) < 4.78 is 1.39. The maximum Gasteiger partial charge on any atom is 0.330 e. The van der Waals surface area contributed by atoms with Crippen LogP contribution in [0.5, 0.6) is 0 Å². The van der Waals surface area contributed by atoms with Crippen LogP contribution < -0.4 is 11.2 Å². The minimum absolute atomic E-state index is 0.264. The number of aromatic amines is 2. The van der Waals surface area contributed by atoms with Gasteiger partial charge in [-0.2, -0.15) is 0 Å². The first-order valence-electron chi connectivity index (χ1n) is 5.69. The molecule has 0 saturated carbocycles. The second-order valence-electron chi connectivity index (χ2n) is 3.91. The molecule has 2 N–H and O–H groups in total. The topological polar surface area (TPSA) is 109 Å². The number of hydrogen-bond acceptors (Lipinski definition) is 5. The van der Waals surface area contributed by atoms with E-state index in [1.54, 1.807) is 19.3 Å². The Labute approximate surface area is 106 Å². The van der Waals surface area contributed by atoms with Crippen molar-refractivity contribution in [3.05, 3.63) is 39.6 Å². The number of rotatable bonds is 2. The van der Waals surface area contributed by atoms with Crippen LogP contribution in [0.25, 0.3) is 22.6 Å². The average Bonchev–Trinajstić information content (AvgIpc) is 2.85. The van der Waals surface area contributed by atoms with Gasteiger partial charge < -0.3 is 4.98 Å². The van der Waals surface area contributed by atoms with Gasteiger partial charge in [-0.05, 0) is 6.92 Å². The smallest absolute Gasteiger partial charge is 0.330 e. The van der Waals surface area contributed by atoms with Gasteiger partial charge in [0.2, 0.25) is 0 Å². The van der Waals surface area contributed by atoms with E-state index in [2.05, 4.69) is 24.9 Å². The van der Waals surface area contributed by atoms with Gasteiger partial charge in [0, 0.05) is 18.9 Å². The van der Waals surface area contributed by atoms with Gasteiger partial charge in [-0.3, -0.25) is 14.3 Å². The highest BCUT2D eigenvalue weighted by Gasteiger charge is 2.13. The number of H-pyrrole nitrogens is 2. The van der Waals surface area contributed by atoms with Crippen LogP contribution in [0.3, 0.4) is 0 Å². The zero-order valence-electron chi connectivity index (χ0n) is 10.0. The van der Waals surface area contributed by atoms with E-state index in [9.17, 15) is 9.59 Å². The minimum atomic E-state index is -0.486. The molecule has 0 saturated heterocycles. The van der Waals surface area contributed by atoms with Crippen LogP contribution in [0, 0.1) is 0 Å². The normalized spacial score (nSPS) is 11.0. The first-order chi connectivity index (χ1) is 9.20. The van der Waals surface area contributed by atoms with E-state index in [-0.39, 0.29) is 5.52 Å². The largest absolute Gasteiger partial charge is 0.332 e. The molecule has 0 atom stereocenters. The van der Waals surface area contributed by atoms with Gasteiger partial charge in [0.15, 0.2) is 5.65 Å². The van der Waals surface area contributed by atoms with Crippen molar-refractivity contribution in [2.75, 3.05) is 0 Å². The van der Waals surface area contributed by atoms with Crippen molar-refractivity contribution < 1.29 is 0 Å². The molecule has 3 aromatic heterocycles. The van der Waals surface area contributed by atoms with Crippen LogP contribution in [0.1, 0.15) is 6.92 Å². The fraction of sp³-hybridized carbons (Fsp3) is 0.182. The fourth-order valence-electron chi connectivity index (χ4n) is 1.89. The maximum atomic E-state index is 11.7. The number of fused-ring (bicyclic) bond motifs is 1. The molecule has 0 spiro atoms. The summed E-state index contributed by atoms with van der Waals surface area (Å²) in [5.74, 6) is 0.453. The minimum Gasteiger partial charge on any atom is -0.332 e. The van der Waals surface area contributed by atoms with Gasteiger partial charge in [0.05, 0.1) is 5.56 Å². The summed E-state index contributed by atoms with van der Waals surface area (Å²) in [6.07, 6.45) is 4.56. The van der Waals surface area contributed by atoms with Crippen molar-refractivity contribution in [2.24, 2.45) is 0 Å². The van der Waals surface area contributed by atoms with Crippen molar-refractivity contribution >= 4 is 11.2 Å². The highest BCUT2D eigenvalue weighted by molar-refractivity contribution is 5.74. The summed E-state index contributed by atoms with van der Waals surface area (Å²) >= 11 is 0. The van der Waals surface area contributed by atoms with Crippen LogP contribution in [0.15, 0.2) is 28.3 Å². The lowest BCUT2D eigenvalue weighted by Crippen LogP contribution is -2.29. The molecule has 3 aromatic rings. The summed E-state index contributed by atoms with van der Waals surface area (Å²) in [7, 11) is 0. The molecular formula is C11H10N6O2. The molecule has 0 amide bonds. The zero-order chi connectivity index (χ0) is 13.4. The SMILES string of the molecule is CCn1c(=O)[nH]c(=O)c2[nH]c(-c3cncnc3)nc21. The zero-order valence-corrected chi connectivity index (χ0v) is 10.0. The van der Waals surface area contributed by atoms with Gasteiger partial charge in [0.25, 0.3) is 5.56 Å². The van der Waals surface area contributed by atoms with Gasteiger partial charge in [-0.25, -0.2) is 19.7 Å². The Morgan fingerprint density at radius 2 is 1.95 bits per heavy atom. The third kappa shape index (κ3) is 1.73. The molecule has 8 heteroatoms. The van der Waals surface area contributed by atoms with Crippen LogP contribution in [0.4, 0.5) is 0 Å². The molecule has 0 aliphatic rings. The van der Waals surface area contributed by atoms with Crippen molar-refractivity contribution in [3.63, 3.8) is 0 Å². The number of imidazole rings is 1. The summed E-state index contributed by atoms with van der Waals surface area (Å²) in [5, 5.41) is 0. The number of nitrogens with one attached hydrogen (secondary N) is 2. The monoisotopic (exact) mass is 258 g/mol. The Balaban J connectivity index is 2.35. The molecule has 96 valence electrons. The first kappa shape index (κ1) is 11.3. The van der Waals surface area contributed by atoms with E-state index < -0.39 is 11.2 Å². The summed E-state index contributed by atoms with van der Waals surface area (Å²) in [6, 6.07) is 0. The molecule has 0 bridgehead atoms. The lowest BCUT2D eigenvalue weighted by atomic mass is 10.3. The number of aromatic nitrogens is 6. The molecule has 19 heavy (non-hydrogen) atoms. The number of nitrogens with zero attached hydrogens (tertiary/aromatic N) is 4. The lowest BCUT2D eigenvalue weighted by molar-refractivity contribution is 0.720. The molecule has 3 heterocycles. The summed E-state index contributed by atoms with van der Waals surface area (Å²) in [5.41, 5.74) is 0.284. The van der Waals surface area contributed by atoms with Crippen molar-refractivity contribution in [1.82, 2.24) is 29.5 Å². The summed E-state index contributed by atoms with van der Waals surface area (Å²) in [4.78, 5) is 40.6. The highest BCUT2D eigenvalue weighted by atomic mass is 16.2. The standard InChI is InChI=1S/C11H10N6O2/c1-2-17-9-7(10(18)16-11(17)19)14-8(15-9)6-3-12-5-13-4-6/h3-5H,2H2,1H3,(H,14,15)(H,16,18,19). The quantitative estimate of drug-likeness (QED) is 0.666. The Morgan fingerprint density at radius 3 is 2.63 bits per heavy atom. The van der Waals surface area contributed by atoms with E-state index in [1.165, 1.54) is 10.9 Å². The van der Waals surface area contributed by atoms with Crippen molar-refractivity contribution in [3.8, 4) is 11.4 Å². The Hall–Kier alpha value is -2.77. The van der Waals surface area contributed by atoms with Crippen molar-refractivity contribution in [1.29, 1.82) is 0 Å². The number of hydrogen-bond donors (Lipinski definition) is 2. The van der Waals surface area contributed by atoms with Gasteiger partial charge in [-0.15, -0.1) is 0 Å². The number of aryl methyl sites for hydroxylation is 1. The third-order valence-corrected chi connectivity index (χ3v) is 2.78. The summed E-state index contributed by atoms with van der Waals surface area (Å²) in [6.45, 7) is 2.22. The van der Waals surface area contributed by atoms with Crippen molar-refractivity contribution in [2.45, 2.75) is 13.5 Å². The molecule has 8 nitrogen and oxygen atoms in total. The van der Waals surface area contributed by atoms with Gasteiger partial charge in [0.1, 0.15) is 17.7 Å². The molecule has 0 aliphatic heterocycles. The van der Waals surface area contributed by atoms with Crippen LogP contribution in [-0.4, -0.2) is 29.5 Å². The van der Waals surface area contributed by atoms with E-state index in [4.69, 9.17) is 0 Å². The van der Waals surface area contributed by atoms with Gasteiger partial charge >= 0.3 is 5.69 Å². The predicted octanol–water partition coefficient (Wildman–Crippen LogP) is -0.110. The van der Waals surface area contributed by atoms with Crippen LogP contribution in [0.2, 0.25) is 0 Å². The lowest BCUT2D eigenvalue weighted by Gasteiger charge is -1.99. The first-order valence-corrected chi connectivity index (χ1v) is 5.69. The second-order valence-corrected chi connectivity index (χ2v) is 3.91. The molecule has 0 aromatic carbocycles. The predicted molar refractivity (Wildman–Crippen MR) is 67.7 cm³/mol. The average molecular weight is 258 g/mol. The second kappa shape index (κ2) is 4.16. The maximum absolute atomic E-state index is 11.7. The molecule has 0 unspecified atom stereocenters. The van der Waals surface area contributed by atoms with E-state index >= 15 is 0 Å². The van der Waals surface area contributed by atoms with E-state index in [0.717, 1.165) is 0 Å². The Kier molecular flexibility index (Phi) is 2.48. The Morgan fingerprint density at radius 1 is 1.21 bits per heavy atom. The Bertz CT molecular complexity index is 845. The molecule has 3 rings (SSSR count). The third-order valence-electron chi connectivity index (χ3n) is 2.78. The molecular weight excluding hydrogens is 248 g/mol.